The molecule has 0 N–H and O–H groups in total. The monoisotopic (exact) mass is 465 g/mol. The van der Waals surface area contributed by atoms with Crippen LogP contribution in [-0.4, -0.2) is 30.4 Å². The molecule has 0 amide bonds. The van der Waals surface area contributed by atoms with Crippen LogP contribution in [0.5, 0.6) is 5.88 Å². The van der Waals surface area contributed by atoms with Crippen molar-refractivity contribution in [3.63, 3.8) is 0 Å². The Bertz CT molecular complexity index is 788. The van der Waals surface area contributed by atoms with Gasteiger partial charge in [-0.3, -0.25) is 0 Å². The van der Waals surface area contributed by atoms with E-state index in [-0.39, 0.29) is 17.0 Å². The number of pyridine rings is 1. The molecule has 1 unspecified atom stereocenters. The average molecular weight is 466 g/mol. The first-order valence-corrected chi connectivity index (χ1v) is 10.2. The van der Waals surface area contributed by atoms with Gasteiger partial charge < -0.3 is 14.2 Å². The Labute approximate surface area is 184 Å². The van der Waals surface area contributed by atoms with Gasteiger partial charge in [-0.1, -0.05) is 30.1 Å². The lowest BCUT2D eigenvalue weighted by atomic mass is 9.89. The average Bonchev–Trinajstić information content (AvgIpc) is 2.68. The number of halogens is 5. The maximum Gasteiger partial charge on any atom is 0.417 e. The van der Waals surface area contributed by atoms with E-state index in [0.717, 1.165) is 30.0 Å². The zero-order chi connectivity index (χ0) is 22.2. The van der Waals surface area contributed by atoms with E-state index >= 15 is 0 Å². The van der Waals surface area contributed by atoms with E-state index in [4.69, 9.17) is 37.4 Å². The highest BCUT2D eigenvalue weighted by molar-refractivity contribution is 6.55. The normalized spacial score (nSPS) is 19.0. The number of nitrogens with zero attached hydrogens (tertiary/aromatic N) is 1. The molecule has 0 aromatic carbocycles. The molecular weight excluding hydrogens is 442 g/mol. The standard InChI is InChI=1S/C21H24Cl2F3NO3/c1-3-15-13-20(2,30-12-8-18(22)23)9-7-17(15)28-10-4-11-29-19-6-5-16(14-27-19)21(24,25)26/h5-9,14H,3-4,10-13H2,1-2H3. The molecule has 0 saturated carbocycles. The van der Waals surface area contributed by atoms with Gasteiger partial charge in [0.15, 0.2) is 0 Å². The molecule has 2 rings (SSSR count). The lowest BCUT2D eigenvalue weighted by molar-refractivity contribution is -0.137. The van der Waals surface area contributed by atoms with Crippen LogP contribution in [0, 0.1) is 0 Å². The van der Waals surface area contributed by atoms with Crippen LogP contribution in [0.3, 0.4) is 0 Å². The lowest BCUT2D eigenvalue weighted by Gasteiger charge is -2.31. The van der Waals surface area contributed by atoms with Crippen molar-refractivity contribution < 1.29 is 27.4 Å². The third-order valence-corrected chi connectivity index (χ3v) is 4.75. The van der Waals surface area contributed by atoms with Crippen LogP contribution in [0.4, 0.5) is 13.2 Å². The molecule has 9 heteroatoms. The minimum Gasteiger partial charge on any atom is -0.494 e. The number of aromatic nitrogens is 1. The van der Waals surface area contributed by atoms with E-state index < -0.39 is 17.3 Å². The molecule has 0 aliphatic heterocycles. The van der Waals surface area contributed by atoms with Crippen molar-refractivity contribution in [2.24, 2.45) is 0 Å². The number of alkyl halides is 3. The van der Waals surface area contributed by atoms with Crippen LogP contribution in [0.25, 0.3) is 0 Å². The van der Waals surface area contributed by atoms with Crippen molar-refractivity contribution >= 4 is 23.2 Å². The molecule has 166 valence electrons. The molecule has 4 nitrogen and oxygen atoms in total. The summed E-state index contributed by atoms with van der Waals surface area (Å²) in [7, 11) is 0. The summed E-state index contributed by atoms with van der Waals surface area (Å²) in [6.07, 6.45) is 3.84. The summed E-state index contributed by atoms with van der Waals surface area (Å²) in [6.45, 7) is 5.03. The van der Waals surface area contributed by atoms with Crippen molar-refractivity contribution in [2.75, 3.05) is 19.8 Å². The number of hydrogen-bond acceptors (Lipinski definition) is 4. The van der Waals surface area contributed by atoms with E-state index in [2.05, 4.69) is 4.98 Å². The van der Waals surface area contributed by atoms with Crippen LogP contribution >= 0.6 is 23.2 Å². The summed E-state index contributed by atoms with van der Waals surface area (Å²) in [5.74, 6) is 0.949. The zero-order valence-electron chi connectivity index (χ0n) is 16.8. The fraction of sp³-hybridized carbons (Fsp3) is 0.476. The van der Waals surface area contributed by atoms with Crippen molar-refractivity contribution in [3.05, 3.63) is 57.9 Å². The van der Waals surface area contributed by atoms with Crippen LogP contribution < -0.4 is 4.74 Å². The molecule has 30 heavy (non-hydrogen) atoms. The summed E-state index contributed by atoms with van der Waals surface area (Å²) in [4.78, 5) is 3.67. The molecule has 1 aromatic heterocycles. The molecular formula is C21H24Cl2F3NO3. The molecule has 0 spiro atoms. The van der Waals surface area contributed by atoms with Crippen LogP contribution in [0.2, 0.25) is 0 Å². The molecule has 1 heterocycles. The van der Waals surface area contributed by atoms with Gasteiger partial charge in [-0.25, -0.2) is 4.98 Å². The highest BCUT2D eigenvalue weighted by atomic mass is 35.5. The van der Waals surface area contributed by atoms with Gasteiger partial charge in [0.1, 0.15) is 10.3 Å². The van der Waals surface area contributed by atoms with E-state index in [9.17, 15) is 13.2 Å². The molecule has 0 saturated heterocycles. The molecule has 0 fully saturated rings. The number of rotatable bonds is 10. The predicted octanol–water partition coefficient (Wildman–Crippen LogP) is 6.60. The van der Waals surface area contributed by atoms with Gasteiger partial charge in [-0.15, -0.1) is 0 Å². The fourth-order valence-electron chi connectivity index (χ4n) is 2.83. The molecule has 1 atom stereocenters. The second-order valence-corrected chi connectivity index (χ2v) is 7.89. The van der Waals surface area contributed by atoms with E-state index in [1.54, 1.807) is 6.08 Å². The van der Waals surface area contributed by atoms with E-state index in [1.165, 1.54) is 6.07 Å². The SMILES string of the molecule is CCC1=C(OCCCOc2ccc(C(F)(F)F)cn2)C=CC(C)(OCC=C(Cl)Cl)C1. The van der Waals surface area contributed by atoms with Gasteiger partial charge in [0.2, 0.25) is 5.88 Å². The van der Waals surface area contributed by atoms with Crippen LogP contribution in [0.1, 0.15) is 38.7 Å². The summed E-state index contributed by atoms with van der Waals surface area (Å²) in [6, 6.07) is 2.15. The number of ether oxygens (including phenoxy) is 3. The molecule has 0 bridgehead atoms. The predicted molar refractivity (Wildman–Crippen MR) is 111 cm³/mol. The molecule has 0 radical (unpaired) electrons. The topological polar surface area (TPSA) is 40.6 Å². The number of allylic oxidation sites excluding steroid dienone is 1. The first kappa shape index (κ1) is 24.6. The van der Waals surface area contributed by atoms with Gasteiger partial charge >= 0.3 is 6.18 Å². The highest BCUT2D eigenvalue weighted by Crippen LogP contribution is 2.32. The van der Waals surface area contributed by atoms with Gasteiger partial charge in [0, 0.05) is 25.1 Å². The Morgan fingerprint density at radius 2 is 1.97 bits per heavy atom. The Morgan fingerprint density at radius 3 is 2.57 bits per heavy atom. The largest absolute Gasteiger partial charge is 0.494 e. The van der Waals surface area contributed by atoms with Crippen molar-refractivity contribution in [1.82, 2.24) is 4.98 Å². The lowest BCUT2D eigenvalue weighted by Crippen LogP contribution is -2.29. The van der Waals surface area contributed by atoms with Gasteiger partial charge in [-0.05, 0) is 43.2 Å². The highest BCUT2D eigenvalue weighted by Gasteiger charge is 2.31. The minimum atomic E-state index is -4.41. The minimum absolute atomic E-state index is 0.146. The third-order valence-electron chi connectivity index (χ3n) is 4.44. The van der Waals surface area contributed by atoms with Crippen LogP contribution in [0.15, 0.2) is 52.4 Å². The van der Waals surface area contributed by atoms with Gasteiger partial charge in [0.05, 0.1) is 31.0 Å². The molecule has 1 aliphatic rings. The number of hydrogen-bond donors (Lipinski definition) is 0. The Morgan fingerprint density at radius 1 is 1.23 bits per heavy atom. The second kappa shape index (κ2) is 11.1. The molecule has 1 aliphatic carbocycles. The quantitative estimate of drug-likeness (QED) is 0.364. The second-order valence-electron chi connectivity index (χ2n) is 6.88. The van der Waals surface area contributed by atoms with Crippen molar-refractivity contribution in [2.45, 2.75) is 44.9 Å². The Hall–Kier alpha value is -1.70. The van der Waals surface area contributed by atoms with Gasteiger partial charge in [-0.2, -0.15) is 13.2 Å². The van der Waals surface area contributed by atoms with Crippen LogP contribution in [-0.2, 0) is 15.7 Å². The fourth-order valence-corrected chi connectivity index (χ4v) is 2.96. The first-order chi connectivity index (χ1) is 14.1. The van der Waals surface area contributed by atoms with E-state index in [0.29, 0.717) is 26.1 Å². The zero-order valence-corrected chi connectivity index (χ0v) is 18.3. The first-order valence-electron chi connectivity index (χ1n) is 9.48. The van der Waals surface area contributed by atoms with Crippen molar-refractivity contribution in [3.8, 4) is 5.88 Å². The Balaban J connectivity index is 1.77. The maximum absolute atomic E-state index is 12.5. The summed E-state index contributed by atoms with van der Waals surface area (Å²) < 4.78 is 54.8. The van der Waals surface area contributed by atoms with Crippen molar-refractivity contribution in [1.29, 1.82) is 0 Å². The third kappa shape index (κ3) is 7.85. The molecule has 1 aromatic rings. The Kier molecular flexibility index (Phi) is 9.07. The summed E-state index contributed by atoms with van der Waals surface area (Å²) in [5.41, 5.74) is -0.139. The van der Waals surface area contributed by atoms with E-state index in [1.807, 2.05) is 26.0 Å². The smallest absolute Gasteiger partial charge is 0.417 e. The maximum atomic E-state index is 12.5. The summed E-state index contributed by atoms with van der Waals surface area (Å²) >= 11 is 11.2. The summed E-state index contributed by atoms with van der Waals surface area (Å²) in [5, 5.41) is 0. The van der Waals surface area contributed by atoms with Gasteiger partial charge in [0.25, 0.3) is 0 Å².